The minimum atomic E-state index is -4.92. The Morgan fingerprint density at radius 3 is 1.98 bits per heavy atom. The number of alkyl halides is 6. The van der Waals surface area contributed by atoms with Crippen LogP contribution in [-0.2, 0) is 19.4 Å². The molecule has 14 nitrogen and oxygen atoms in total. The number of ether oxygens (including phenoxy) is 3. The van der Waals surface area contributed by atoms with E-state index in [0.717, 1.165) is 24.3 Å². The first-order chi connectivity index (χ1) is 42.0. The molecule has 0 fully saturated rings. The van der Waals surface area contributed by atoms with Crippen molar-refractivity contribution in [1.82, 2.24) is 15.3 Å². The van der Waals surface area contributed by atoms with Crippen molar-refractivity contribution in [2.45, 2.75) is 44.1 Å². The second-order valence-corrected chi connectivity index (χ2v) is 21.1. The zero-order chi connectivity index (χ0) is 60.8. The molecule has 0 radical (unpaired) electrons. The van der Waals surface area contributed by atoms with Crippen LogP contribution in [0.2, 0.25) is 5.02 Å². The lowest BCUT2D eigenvalue weighted by atomic mass is 9.94. The Hall–Kier alpha value is -9.51. The summed E-state index contributed by atoms with van der Waals surface area (Å²) in [5.41, 5.74) is 2.68. The average Bonchev–Trinajstić information content (AvgIpc) is 2.51. The summed E-state index contributed by atoms with van der Waals surface area (Å²) in [5, 5.41) is 56.2. The van der Waals surface area contributed by atoms with E-state index in [1.165, 1.54) is 41.8 Å². The number of aromatic nitrogens is 3. The average molecular weight is 1220 g/mol. The Morgan fingerprint density at radius 1 is 0.678 bits per heavy atom. The third-order valence-corrected chi connectivity index (χ3v) is 15.2. The number of halogens is 7. The smallest absolute Gasteiger partial charge is 0.486 e. The number of hydrogen-bond acceptors (Lipinski definition) is 15. The van der Waals surface area contributed by atoms with E-state index >= 15 is 0 Å². The molecule has 4 aromatic heterocycles. The summed E-state index contributed by atoms with van der Waals surface area (Å²) < 4.78 is 110. The van der Waals surface area contributed by atoms with Gasteiger partial charge in [0.2, 0.25) is 0 Å². The molecule has 3 atom stereocenters. The van der Waals surface area contributed by atoms with Crippen LogP contribution < -0.4 is 24.0 Å². The number of para-hydroxylation sites is 3. The summed E-state index contributed by atoms with van der Waals surface area (Å²) in [6.07, 6.45) is 1.18. The van der Waals surface area contributed by atoms with Gasteiger partial charge in [-0.1, -0.05) is 107 Å². The van der Waals surface area contributed by atoms with Crippen LogP contribution in [0.4, 0.5) is 37.7 Å². The molecular weight excluding hydrogens is 1170 g/mol. The molecule has 3 unspecified atom stereocenters. The lowest BCUT2D eigenvalue weighted by Gasteiger charge is -2.27. The van der Waals surface area contributed by atoms with Gasteiger partial charge in [-0.2, -0.15) is 13.2 Å². The summed E-state index contributed by atoms with van der Waals surface area (Å²) in [7, 11) is 0. The van der Waals surface area contributed by atoms with Gasteiger partial charge in [0.15, 0.2) is 11.5 Å². The normalized spacial score (nSPS) is 14.8. The molecule has 2 aliphatic heterocycles. The summed E-state index contributed by atoms with van der Waals surface area (Å²) >= 11 is 8.26. The molecule has 87 heavy (non-hydrogen) atoms. The lowest BCUT2D eigenvalue weighted by molar-refractivity contribution is -0.274. The highest BCUT2D eigenvalue weighted by atomic mass is 35.5. The van der Waals surface area contributed by atoms with Gasteiger partial charge in [0, 0.05) is 71.3 Å². The molecule has 0 amide bonds. The number of pyridine rings is 1. The van der Waals surface area contributed by atoms with E-state index < -0.39 is 48.8 Å². The van der Waals surface area contributed by atoms with Crippen LogP contribution in [-0.4, -0.2) is 55.8 Å². The van der Waals surface area contributed by atoms with Crippen molar-refractivity contribution < 1.29 is 64.9 Å². The van der Waals surface area contributed by atoms with Gasteiger partial charge in [0.1, 0.15) is 60.2 Å². The van der Waals surface area contributed by atoms with E-state index in [-0.39, 0.29) is 76.3 Å². The fraction of sp³-hybridized carbons (Fsp3) is 0.138. The first-order valence-corrected chi connectivity index (χ1v) is 28.0. The van der Waals surface area contributed by atoms with Gasteiger partial charge >= 0.3 is 12.5 Å². The van der Waals surface area contributed by atoms with Crippen molar-refractivity contribution in [3.63, 3.8) is 0 Å². The number of thiophene rings is 1. The zero-order valence-electron chi connectivity index (χ0n) is 45.4. The predicted molar refractivity (Wildman–Crippen MR) is 316 cm³/mol. The van der Waals surface area contributed by atoms with Gasteiger partial charge in [-0.25, -0.2) is 0 Å². The SMILES string of the molecule is N=C(C(=Cc1ccc(Cl)c(N2C=C(C(O)c3c(-c4cccc(C(F)(F)F)c4)noc3COc3ccccc3N3C=C(C(O)c4c(-c5ccc(OC(F)(F)F)cc5)noc4COc4ccccc4)C=CC3)C=CC2)c1)C(O)c1cccnc1)c1cccs1. The second kappa shape index (κ2) is 25.6. The molecule has 6 heterocycles. The van der Waals surface area contributed by atoms with E-state index in [1.807, 2.05) is 17.5 Å². The zero-order valence-corrected chi connectivity index (χ0v) is 46.9. The van der Waals surface area contributed by atoms with Gasteiger partial charge in [-0.3, -0.25) is 10.4 Å². The monoisotopic (exact) mass is 1220 g/mol. The maximum atomic E-state index is 14.2. The Bertz CT molecular complexity index is 4070. The molecular formula is C65H49ClF6N6O8S. The Morgan fingerprint density at radius 2 is 1.33 bits per heavy atom. The van der Waals surface area contributed by atoms with Crippen LogP contribution in [0.5, 0.6) is 17.2 Å². The standard InChI is InChI=1S/C65H49ClF6N6O8S/c66-49-26-21-39(31-48(58(73)55-20-10-30-87-55)61(79)42-12-7-27-74-34-42)32-51(49)78-29-9-14-44(36-78)63(81)57-54(86-76-60(57)41-11-6-15-45(33-41)64(67,68)69)38-83-52-19-5-4-18-50(52)77-28-8-13-43(35-77)62(80)56-53(37-82-46-16-2-1-3-17-46)85-75-59(56)40-22-24-47(25-23-40)84-65(70,71)72/h1-27,30-36,61-63,73,79-81H,28-29,37-38H2. The maximum absolute atomic E-state index is 14.2. The predicted octanol–water partition coefficient (Wildman–Crippen LogP) is 15.4. The Kier molecular flexibility index (Phi) is 17.4. The van der Waals surface area contributed by atoms with E-state index in [0.29, 0.717) is 54.9 Å². The molecule has 9 aromatic rings. The second-order valence-electron chi connectivity index (χ2n) is 19.8. The maximum Gasteiger partial charge on any atom is 0.573 e. The summed E-state index contributed by atoms with van der Waals surface area (Å²) in [5.74, 6) is 0.426. The third-order valence-electron chi connectivity index (χ3n) is 14.0. The van der Waals surface area contributed by atoms with Gasteiger partial charge < -0.3 is 48.4 Å². The van der Waals surface area contributed by atoms with E-state index in [1.54, 1.807) is 144 Å². The highest BCUT2D eigenvalue weighted by Gasteiger charge is 2.35. The van der Waals surface area contributed by atoms with Crippen LogP contribution in [0.1, 0.15) is 62.5 Å². The molecule has 2 aliphatic rings. The van der Waals surface area contributed by atoms with Gasteiger partial charge in [-0.15, -0.1) is 24.5 Å². The molecule has 22 heteroatoms. The van der Waals surface area contributed by atoms with Crippen LogP contribution in [0.15, 0.2) is 226 Å². The summed E-state index contributed by atoms with van der Waals surface area (Å²) in [4.78, 5) is 8.35. The number of aliphatic hydroxyl groups is 3. The molecule has 4 N–H and O–H groups in total. The molecule has 5 aromatic carbocycles. The minimum Gasteiger partial charge on any atom is -0.486 e. The lowest BCUT2D eigenvalue weighted by Crippen LogP contribution is -2.22. The Balaban J connectivity index is 0.896. The summed E-state index contributed by atoms with van der Waals surface area (Å²) in [6.45, 7) is -0.0234. The van der Waals surface area contributed by atoms with Gasteiger partial charge in [0.25, 0.3) is 0 Å². The number of rotatable bonds is 20. The largest absolute Gasteiger partial charge is 0.573 e. The van der Waals surface area contributed by atoms with Gasteiger partial charge in [-0.05, 0) is 102 Å². The molecule has 0 aliphatic carbocycles. The van der Waals surface area contributed by atoms with Crippen molar-refractivity contribution in [3.8, 4) is 39.8 Å². The van der Waals surface area contributed by atoms with E-state index in [4.69, 9.17) is 35.5 Å². The van der Waals surface area contributed by atoms with Gasteiger partial charge in [0.05, 0.1) is 43.7 Å². The van der Waals surface area contributed by atoms with Crippen LogP contribution in [0, 0.1) is 5.41 Å². The van der Waals surface area contributed by atoms with Crippen LogP contribution in [0.25, 0.3) is 28.6 Å². The number of aliphatic hydroxyl groups excluding tert-OH is 3. The number of nitrogens with zero attached hydrogens (tertiary/aromatic N) is 5. The van der Waals surface area contributed by atoms with Crippen molar-refractivity contribution in [1.29, 1.82) is 5.41 Å². The van der Waals surface area contributed by atoms with Crippen molar-refractivity contribution >= 4 is 46.1 Å². The minimum absolute atomic E-state index is 0.000948. The molecule has 11 rings (SSSR count). The molecule has 0 saturated carbocycles. The van der Waals surface area contributed by atoms with Crippen molar-refractivity contribution in [2.24, 2.45) is 0 Å². The summed E-state index contributed by atoms with van der Waals surface area (Å²) in [6, 6.07) is 37.4. The molecule has 0 saturated heterocycles. The number of benzene rings is 5. The molecule has 0 spiro atoms. The topological polar surface area (TPSA) is 184 Å². The van der Waals surface area contributed by atoms with E-state index in [2.05, 4.69) is 20.0 Å². The highest BCUT2D eigenvalue weighted by Crippen LogP contribution is 2.43. The number of hydrogen-bond donors (Lipinski definition) is 4. The van der Waals surface area contributed by atoms with Crippen molar-refractivity contribution in [3.05, 3.63) is 266 Å². The Labute approximate surface area is 502 Å². The first kappa shape index (κ1) is 59.2. The molecule has 442 valence electrons. The van der Waals surface area contributed by atoms with Crippen LogP contribution >= 0.6 is 22.9 Å². The fourth-order valence-corrected chi connectivity index (χ4v) is 10.8. The number of nitrogens with one attached hydrogen (secondary N) is 1. The van der Waals surface area contributed by atoms with Crippen LogP contribution in [0.3, 0.4) is 0 Å². The van der Waals surface area contributed by atoms with Crippen molar-refractivity contribution in [2.75, 3.05) is 22.9 Å². The van der Waals surface area contributed by atoms with E-state index in [9.17, 15) is 41.7 Å². The first-order valence-electron chi connectivity index (χ1n) is 26.7. The quantitative estimate of drug-likeness (QED) is 0.0418. The fourth-order valence-electron chi connectivity index (χ4n) is 9.87. The third kappa shape index (κ3) is 13.6. The molecule has 0 bridgehead atoms. The highest BCUT2D eigenvalue weighted by molar-refractivity contribution is 7.12. The number of anilines is 2.